The zero-order valence-electron chi connectivity index (χ0n) is 26.0. The highest BCUT2D eigenvalue weighted by atomic mass is 15.0. The van der Waals surface area contributed by atoms with Gasteiger partial charge in [0.05, 0.1) is 22.4 Å². The summed E-state index contributed by atoms with van der Waals surface area (Å²) in [6, 6.07) is 45.3. The molecule has 0 spiro atoms. The second kappa shape index (κ2) is 10.3. The lowest BCUT2D eigenvalue weighted by molar-refractivity contribution is 0.608. The Labute approximate surface area is 269 Å². The average Bonchev–Trinajstić information content (AvgIpc) is 3.56. The second-order valence-corrected chi connectivity index (χ2v) is 13.0. The molecule has 0 N–H and O–H groups in total. The molecular weight excluding hydrogens is 558 g/mol. The molecule has 7 aromatic rings. The zero-order chi connectivity index (χ0) is 30.8. The first-order chi connectivity index (χ1) is 22.6. The Kier molecular flexibility index (Phi) is 5.98. The highest BCUT2D eigenvalue weighted by Crippen LogP contribution is 2.52. The van der Waals surface area contributed by atoms with Crippen LogP contribution in [0.25, 0.3) is 67.0 Å². The summed E-state index contributed by atoms with van der Waals surface area (Å²) >= 11 is 0. The molecule has 0 aliphatic heterocycles. The van der Waals surface area contributed by atoms with Crippen LogP contribution in [0.3, 0.4) is 0 Å². The van der Waals surface area contributed by atoms with Crippen LogP contribution in [0.15, 0.2) is 145 Å². The van der Waals surface area contributed by atoms with Crippen molar-refractivity contribution in [2.24, 2.45) is 0 Å². The van der Waals surface area contributed by atoms with Gasteiger partial charge in [-0.2, -0.15) is 0 Å². The van der Waals surface area contributed by atoms with Gasteiger partial charge < -0.3 is 4.57 Å². The number of para-hydroxylation sites is 1. The average molecular weight is 592 g/mol. The third-order valence-electron chi connectivity index (χ3n) is 9.93. The fraction of sp³-hybridized carbons (Fsp3) is 0.116. The molecule has 0 saturated carbocycles. The Bertz CT molecular complexity index is 2320. The molecule has 46 heavy (non-hydrogen) atoms. The molecule has 2 aliphatic rings. The summed E-state index contributed by atoms with van der Waals surface area (Å²) in [6.07, 6.45) is 6.94. The minimum absolute atomic E-state index is 0.00626. The minimum Gasteiger partial charge on any atom is -0.309 e. The number of rotatable bonds is 4. The fourth-order valence-electron chi connectivity index (χ4n) is 7.64. The van der Waals surface area contributed by atoms with Crippen LogP contribution in [0.5, 0.6) is 0 Å². The van der Waals surface area contributed by atoms with Crippen LogP contribution in [0, 0.1) is 0 Å². The van der Waals surface area contributed by atoms with Gasteiger partial charge in [-0.1, -0.05) is 123 Å². The van der Waals surface area contributed by atoms with Crippen molar-refractivity contribution in [1.29, 1.82) is 0 Å². The number of hydrogen-bond donors (Lipinski definition) is 0. The first kappa shape index (κ1) is 26.8. The van der Waals surface area contributed by atoms with Crippen LogP contribution in [-0.2, 0) is 5.41 Å². The summed E-state index contributed by atoms with van der Waals surface area (Å²) in [7, 11) is 0. The van der Waals surface area contributed by atoms with Gasteiger partial charge in [0.15, 0.2) is 5.82 Å². The van der Waals surface area contributed by atoms with Gasteiger partial charge in [0.2, 0.25) is 0 Å². The summed E-state index contributed by atoms with van der Waals surface area (Å²) in [5.41, 5.74) is 14.3. The summed E-state index contributed by atoms with van der Waals surface area (Å²) < 4.78 is 2.43. The Morgan fingerprint density at radius 1 is 0.609 bits per heavy atom. The number of allylic oxidation sites excluding steroid dienone is 4. The lowest BCUT2D eigenvalue weighted by Gasteiger charge is -2.25. The zero-order valence-corrected chi connectivity index (χ0v) is 26.0. The number of hydrogen-bond acceptors (Lipinski definition) is 2. The van der Waals surface area contributed by atoms with E-state index in [0.29, 0.717) is 5.82 Å². The van der Waals surface area contributed by atoms with Crippen LogP contribution in [0.1, 0.15) is 37.8 Å². The third kappa shape index (κ3) is 4.12. The topological polar surface area (TPSA) is 30.7 Å². The molecule has 3 heteroatoms. The van der Waals surface area contributed by atoms with E-state index in [1.54, 1.807) is 5.57 Å². The summed E-state index contributed by atoms with van der Waals surface area (Å²) in [6.45, 7) is 4.79. The molecule has 220 valence electrons. The molecule has 0 radical (unpaired) electrons. The lowest BCUT2D eigenvalue weighted by Crippen LogP contribution is -2.17. The second-order valence-electron chi connectivity index (χ2n) is 13.0. The molecule has 0 bridgehead atoms. The fourth-order valence-corrected chi connectivity index (χ4v) is 7.64. The first-order valence-electron chi connectivity index (χ1n) is 16.2. The number of aromatic nitrogens is 3. The van der Waals surface area contributed by atoms with Gasteiger partial charge in [-0.25, -0.2) is 9.97 Å². The van der Waals surface area contributed by atoms with Crippen molar-refractivity contribution in [1.82, 2.24) is 14.5 Å². The van der Waals surface area contributed by atoms with Gasteiger partial charge in [0.25, 0.3) is 0 Å². The van der Waals surface area contributed by atoms with E-state index in [4.69, 9.17) is 9.97 Å². The standard InChI is InChI=1S/C43H33N3/c1-43(2)36-22-11-9-20-32(36)34-25-35-33-21-10-12-23-40(33)46(41(35)26-37(34)43)31-19-13-18-30(24-31)42-44-38(28-14-5-3-6-15-28)27-39(45-42)29-16-7-4-8-17-29/h3-10,12-21,23-27H,11,22H2,1-2H3. The van der Waals surface area contributed by atoms with Crippen LogP contribution in [0.2, 0.25) is 0 Å². The first-order valence-corrected chi connectivity index (χ1v) is 16.2. The molecule has 2 heterocycles. The van der Waals surface area contributed by atoms with Crippen LogP contribution < -0.4 is 0 Å². The van der Waals surface area contributed by atoms with Gasteiger partial charge >= 0.3 is 0 Å². The van der Waals surface area contributed by atoms with Crippen LogP contribution in [0.4, 0.5) is 0 Å². The Morgan fingerprint density at radius 2 is 1.28 bits per heavy atom. The highest BCUT2D eigenvalue weighted by Gasteiger charge is 2.38. The highest BCUT2D eigenvalue weighted by molar-refractivity contribution is 6.11. The SMILES string of the molecule is CC1(C)C2=C(C=CCC2)c2cc3c4ccccc4n(-c4cccc(-c5nc(-c6ccccc6)cc(-c6ccccc6)n5)c4)c3cc21. The molecular formula is C43H33N3. The smallest absolute Gasteiger partial charge is 0.160 e. The van der Waals surface area contributed by atoms with Crippen molar-refractivity contribution in [3.63, 3.8) is 0 Å². The van der Waals surface area contributed by atoms with Gasteiger partial charge in [-0.15, -0.1) is 0 Å². The molecule has 9 rings (SSSR count). The van der Waals surface area contributed by atoms with Crippen molar-refractivity contribution in [2.45, 2.75) is 32.1 Å². The summed E-state index contributed by atoms with van der Waals surface area (Å²) in [5.74, 6) is 0.716. The lowest BCUT2D eigenvalue weighted by atomic mass is 9.78. The Hall–Kier alpha value is -5.54. The Morgan fingerprint density at radius 3 is 2.02 bits per heavy atom. The van der Waals surface area contributed by atoms with Crippen LogP contribution in [-0.4, -0.2) is 14.5 Å². The molecule has 0 atom stereocenters. The van der Waals surface area contributed by atoms with Crippen molar-refractivity contribution in [3.8, 4) is 39.6 Å². The predicted molar refractivity (Wildman–Crippen MR) is 191 cm³/mol. The monoisotopic (exact) mass is 591 g/mol. The van der Waals surface area contributed by atoms with Gasteiger partial charge in [-0.3, -0.25) is 0 Å². The molecule has 2 aliphatic carbocycles. The molecule has 3 nitrogen and oxygen atoms in total. The maximum absolute atomic E-state index is 5.12. The van der Waals surface area contributed by atoms with E-state index in [9.17, 15) is 0 Å². The molecule has 0 unspecified atom stereocenters. The van der Waals surface area contributed by atoms with Gasteiger partial charge in [0, 0.05) is 38.6 Å². The maximum atomic E-state index is 5.12. The summed E-state index contributed by atoms with van der Waals surface area (Å²) in [5, 5.41) is 2.56. The van der Waals surface area contributed by atoms with E-state index in [1.807, 2.05) is 12.1 Å². The quantitative estimate of drug-likeness (QED) is 0.204. The van der Waals surface area contributed by atoms with E-state index in [0.717, 1.165) is 46.6 Å². The molecule has 5 aromatic carbocycles. The van der Waals surface area contributed by atoms with Crippen molar-refractivity contribution >= 4 is 27.4 Å². The van der Waals surface area contributed by atoms with Gasteiger partial charge in [-0.05, 0) is 65.9 Å². The van der Waals surface area contributed by atoms with E-state index in [2.05, 4.69) is 146 Å². The normalized spacial score (nSPS) is 15.0. The van der Waals surface area contributed by atoms with E-state index >= 15 is 0 Å². The van der Waals surface area contributed by atoms with Crippen molar-refractivity contribution < 1.29 is 0 Å². The third-order valence-corrected chi connectivity index (χ3v) is 9.93. The number of nitrogens with zero attached hydrogens (tertiary/aromatic N) is 3. The van der Waals surface area contributed by atoms with Crippen molar-refractivity contribution in [3.05, 3.63) is 156 Å². The molecule has 0 amide bonds. The minimum atomic E-state index is 0.00626. The number of fused-ring (bicyclic) bond motifs is 5. The van der Waals surface area contributed by atoms with E-state index < -0.39 is 0 Å². The largest absolute Gasteiger partial charge is 0.309 e. The summed E-state index contributed by atoms with van der Waals surface area (Å²) in [4.78, 5) is 10.2. The Balaban J connectivity index is 1.25. The molecule has 0 saturated heterocycles. The van der Waals surface area contributed by atoms with Crippen molar-refractivity contribution in [2.75, 3.05) is 0 Å². The molecule has 2 aromatic heterocycles. The number of benzene rings is 5. The van der Waals surface area contributed by atoms with E-state index in [-0.39, 0.29) is 5.41 Å². The molecule has 0 fully saturated rings. The van der Waals surface area contributed by atoms with Gasteiger partial charge in [0.1, 0.15) is 0 Å². The maximum Gasteiger partial charge on any atom is 0.160 e. The van der Waals surface area contributed by atoms with Crippen LogP contribution >= 0.6 is 0 Å². The van der Waals surface area contributed by atoms with E-state index in [1.165, 1.54) is 38.5 Å². The predicted octanol–water partition coefficient (Wildman–Crippen LogP) is 11.0.